The Morgan fingerprint density at radius 1 is 1.31 bits per heavy atom. The minimum Gasteiger partial charge on any atom is -0.478 e. The van der Waals surface area contributed by atoms with Gasteiger partial charge in [-0.2, -0.15) is 0 Å². The van der Waals surface area contributed by atoms with E-state index in [0.717, 1.165) is 5.56 Å². The van der Waals surface area contributed by atoms with Gasteiger partial charge in [-0.1, -0.05) is 50.6 Å². The van der Waals surface area contributed by atoms with Crippen LogP contribution in [-0.2, 0) is 4.79 Å². The highest BCUT2D eigenvalue weighted by Gasteiger charge is 2.23. The van der Waals surface area contributed by atoms with Gasteiger partial charge in [0.05, 0.1) is 0 Å². The van der Waals surface area contributed by atoms with E-state index in [1.54, 1.807) is 18.2 Å². The van der Waals surface area contributed by atoms with Crippen molar-refractivity contribution < 1.29 is 9.90 Å². The van der Waals surface area contributed by atoms with E-state index in [1.165, 1.54) is 0 Å². The standard InChI is InChI=1S/C13H15ClO2/c1-13(2,3)10(12(15)16)8-9-6-4-5-7-11(9)14/h4-8H,1-3H3,(H,15,16)/b10-8+. The topological polar surface area (TPSA) is 37.3 Å². The first-order valence-corrected chi connectivity index (χ1v) is 5.40. The van der Waals surface area contributed by atoms with Crippen LogP contribution >= 0.6 is 11.6 Å². The summed E-state index contributed by atoms with van der Waals surface area (Å²) >= 11 is 5.99. The molecule has 0 aliphatic heterocycles. The van der Waals surface area contributed by atoms with Gasteiger partial charge in [-0.25, -0.2) is 4.79 Å². The average Bonchev–Trinajstić information content (AvgIpc) is 2.14. The molecule has 1 rings (SSSR count). The summed E-state index contributed by atoms with van der Waals surface area (Å²) in [5.74, 6) is -0.910. The molecule has 1 aromatic rings. The van der Waals surface area contributed by atoms with Crippen LogP contribution in [0, 0.1) is 5.41 Å². The number of rotatable bonds is 2. The summed E-state index contributed by atoms with van der Waals surface area (Å²) in [5.41, 5.74) is 0.669. The molecule has 3 heteroatoms. The zero-order chi connectivity index (χ0) is 12.3. The van der Waals surface area contributed by atoms with Crippen molar-refractivity contribution in [2.24, 2.45) is 5.41 Å². The highest BCUT2D eigenvalue weighted by molar-refractivity contribution is 6.32. The number of carboxylic acid groups (broad SMARTS) is 1. The van der Waals surface area contributed by atoms with Crippen molar-refractivity contribution in [2.75, 3.05) is 0 Å². The molecule has 0 atom stereocenters. The monoisotopic (exact) mass is 238 g/mol. The average molecular weight is 239 g/mol. The van der Waals surface area contributed by atoms with Gasteiger partial charge in [0, 0.05) is 10.6 Å². The number of hydrogen-bond donors (Lipinski definition) is 1. The summed E-state index contributed by atoms with van der Waals surface area (Å²) in [6.45, 7) is 5.59. The minimum atomic E-state index is -0.910. The third-order valence-corrected chi connectivity index (χ3v) is 2.59. The zero-order valence-electron chi connectivity index (χ0n) is 9.62. The molecule has 1 N–H and O–H groups in total. The molecular formula is C13H15ClO2. The van der Waals surface area contributed by atoms with Crippen LogP contribution in [0.3, 0.4) is 0 Å². The molecule has 0 saturated heterocycles. The third kappa shape index (κ3) is 3.11. The van der Waals surface area contributed by atoms with E-state index >= 15 is 0 Å². The second kappa shape index (κ2) is 4.71. The van der Waals surface area contributed by atoms with E-state index in [9.17, 15) is 4.79 Å². The Morgan fingerprint density at radius 3 is 2.31 bits per heavy atom. The molecule has 16 heavy (non-hydrogen) atoms. The number of aliphatic carboxylic acids is 1. The largest absolute Gasteiger partial charge is 0.478 e. The van der Waals surface area contributed by atoms with Crippen molar-refractivity contribution in [1.29, 1.82) is 0 Å². The van der Waals surface area contributed by atoms with Crippen LogP contribution in [0.5, 0.6) is 0 Å². The van der Waals surface area contributed by atoms with Crippen molar-refractivity contribution in [3.8, 4) is 0 Å². The maximum absolute atomic E-state index is 11.2. The molecule has 0 aromatic heterocycles. The summed E-state index contributed by atoms with van der Waals surface area (Å²) in [5, 5.41) is 9.71. The fraction of sp³-hybridized carbons (Fsp3) is 0.308. The van der Waals surface area contributed by atoms with Crippen molar-refractivity contribution in [3.63, 3.8) is 0 Å². The number of halogens is 1. The SMILES string of the molecule is CC(C)(C)/C(=C/c1ccccc1Cl)C(=O)O. The molecular weight excluding hydrogens is 224 g/mol. The highest BCUT2D eigenvalue weighted by Crippen LogP contribution is 2.29. The number of hydrogen-bond acceptors (Lipinski definition) is 1. The van der Waals surface area contributed by atoms with Gasteiger partial charge in [0.25, 0.3) is 0 Å². The summed E-state index contributed by atoms with van der Waals surface area (Å²) in [7, 11) is 0. The van der Waals surface area contributed by atoms with Gasteiger partial charge < -0.3 is 5.11 Å². The van der Waals surface area contributed by atoms with Gasteiger partial charge >= 0.3 is 5.97 Å². The van der Waals surface area contributed by atoms with E-state index in [4.69, 9.17) is 16.7 Å². The summed E-state index contributed by atoms with van der Waals surface area (Å²) in [6, 6.07) is 7.20. The molecule has 1 aromatic carbocycles. The maximum atomic E-state index is 11.2. The fourth-order valence-corrected chi connectivity index (χ4v) is 1.54. The molecule has 0 aliphatic rings. The van der Waals surface area contributed by atoms with Crippen LogP contribution < -0.4 is 0 Å². The lowest BCUT2D eigenvalue weighted by Crippen LogP contribution is -2.17. The normalized spacial score (nSPS) is 12.6. The van der Waals surface area contributed by atoms with Gasteiger partial charge in [0.2, 0.25) is 0 Å². The molecule has 0 bridgehead atoms. The summed E-state index contributed by atoms with van der Waals surface area (Å²) in [6.07, 6.45) is 1.63. The first-order valence-electron chi connectivity index (χ1n) is 5.02. The third-order valence-electron chi connectivity index (χ3n) is 2.24. The van der Waals surface area contributed by atoms with Crippen LogP contribution in [0.25, 0.3) is 6.08 Å². The quantitative estimate of drug-likeness (QED) is 0.795. The lowest BCUT2D eigenvalue weighted by Gasteiger charge is -2.19. The van der Waals surface area contributed by atoms with Crippen LogP contribution in [-0.4, -0.2) is 11.1 Å². The molecule has 0 radical (unpaired) electrons. The van der Waals surface area contributed by atoms with Crippen molar-refractivity contribution in [1.82, 2.24) is 0 Å². The van der Waals surface area contributed by atoms with Crippen LogP contribution in [0.2, 0.25) is 5.02 Å². The van der Waals surface area contributed by atoms with Gasteiger partial charge in [-0.3, -0.25) is 0 Å². The molecule has 0 spiro atoms. The van der Waals surface area contributed by atoms with Gasteiger partial charge in [0.1, 0.15) is 0 Å². The van der Waals surface area contributed by atoms with E-state index in [1.807, 2.05) is 32.9 Å². The molecule has 0 amide bonds. The zero-order valence-corrected chi connectivity index (χ0v) is 10.4. The van der Waals surface area contributed by atoms with Gasteiger partial charge in [-0.15, -0.1) is 0 Å². The van der Waals surface area contributed by atoms with Crippen molar-refractivity contribution in [3.05, 3.63) is 40.4 Å². The predicted octanol–water partition coefficient (Wildman–Crippen LogP) is 3.85. The first kappa shape index (κ1) is 12.8. The summed E-state index contributed by atoms with van der Waals surface area (Å²) < 4.78 is 0. The van der Waals surface area contributed by atoms with E-state index in [0.29, 0.717) is 10.6 Å². The Bertz CT molecular complexity index is 428. The van der Waals surface area contributed by atoms with E-state index in [2.05, 4.69) is 0 Å². The predicted molar refractivity (Wildman–Crippen MR) is 66.5 cm³/mol. The van der Waals surface area contributed by atoms with E-state index < -0.39 is 11.4 Å². The van der Waals surface area contributed by atoms with Crippen molar-refractivity contribution >= 4 is 23.6 Å². The number of benzene rings is 1. The molecule has 0 heterocycles. The molecule has 0 aliphatic carbocycles. The van der Waals surface area contributed by atoms with E-state index in [-0.39, 0.29) is 0 Å². The molecule has 0 unspecified atom stereocenters. The van der Waals surface area contributed by atoms with Gasteiger partial charge in [0.15, 0.2) is 0 Å². The molecule has 2 nitrogen and oxygen atoms in total. The molecule has 0 saturated carbocycles. The Balaban J connectivity index is 3.24. The lowest BCUT2D eigenvalue weighted by atomic mass is 9.85. The smallest absolute Gasteiger partial charge is 0.332 e. The molecule has 86 valence electrons. The number of carbonyl (C=O) groups is 1. The number of carboxylic acids is 1. The highest BCUT2D eigenvalue weighted by atomic mass is 35.5. The van der Waals surface area contributed by atoms with Gasteiger partial charge in [-0.05, 0) is 23.1 Å². The maximum Gasteiger partial charge on any atom is 0.332 e. The summed E-state index contributed by atoms with van der Waals surface area (Å²) in [4.78, 5) is 11.2. The lowest BCUT2D eigenvalue weighted by molar-refractivity contribution is -0.133. The van der Waals surface area contributed by atoms with Crippen LogP contribution in [0.4, 0.5) is 0 Å². The second-order valence-corrected chi connectivity index (χ2v) is 5.04. The first-order chi connectivity index (χ1) is 7.32. The van der Waals surface area contributed by atoms with Crippen molar-refractivity contribution in [2.45, 2.75) is 20.8 Å². The Hall–Kier alpha value is -1.28. The fourth-order valence-electron chi connectivity index (χ4n) is 1.35. The molecule has 0 fully saturated rings. The minimum absolute atomic E-state index is 0.348. The Labute approximate surface area is 101 Å². The second-order valence-electron chi connectivity index (χ2n) is 4.63. The Kier molecular flexibility index (Phi) is 3.76. The van der Waals surface area contributed by atoms with Crippen LogP contribution in [0.15, 0.2) is 29.8 Å². The Morgan fingerprint density at radius 2 is 1.88 bits per heavy atom. The van der Waals surface area contributed by atoms with Crippen LogP contribution in [0.1, 0.15) is 26.3 Å².